The number of aromatic nitrogens is 1. The minimum absolute atomic E-state index is 0.553. The number of rotatable bonds is 1. The molecule has 2 heterocycles. The van der Waals surface area contributed by atoms with E-state index < -0.39 is 0 Å². The van der Waals surface area contributed by atoms with Gasteiger partial charge in [-0.25, -0.2) is 0 Å². The van der Waals surface area contributed by atoms with Crippen LogP contribution in [0, 0.1) is 6.92 Å². The second-order valence-corrected chi connectivity index (χ2v) is 4.74. The predicted molar refractivity (Wildman–Crippen MR) is 67.6 cm³/mol. The van der Waals surface area contributed by atoms with Crippen molar-refractivity contribution in [2.24, 2.45) is 7.05 Å². The molecule has 1 aromatic heterocycles. The van der Waals surface area contributed by atoms with Gasteiger partial charge in [0.05, 0.1) is 0 Å². The van der Waals surface area contributed by atoms with E-state index in [1.807, 2.05) is 0 Å². The molecule has 0 radical (unpaired) electrons. The highest BCUT2D eigenvalue weighted by Gasteiger charge is 2.22. The summed E-state index contributed by atoms with van der Waals surface area (Å²) in [5.41, 5.74) is 4.26. The van der Waals surface area contributed by atoms with E-state index in [4.69, 9.17) is 0 Å². The topological polar surface area (TPSA) is 17.0 Å². The van der Waals surface area contributed by atoms with Crippen molar-refractivity contribution in [2.45, 2.75) is 25.8 Å². The van der Waals surface area contributed by atoms with Gasteiger partial charge in [0.2, 0.25) is 0 Å². The van der Waals surface area contributed by atoms with Gasteiger partial charge < -0.3 is 9.88 Å². The van der Waals surface area contributed by atoms with E-state index >= 15 is 0 Å². The number of benzene rings is 1. The molecule has 1 N–H and O–H groups in total. The van der Waals surface area contributed by atoms with Crippen LogP contribution < -0.4 is 5.32 Å². The van der Waals surface area contributed by atoms with Crippen molar-refractivity contribution in [3.8, 4) is 0 Å². The third kappa shape index (κ3) is 1.30. The van der Waals surface area contributed by atoms with E-state index in [0.29, 0.717) is 6.04 Å². The lowest BCUT2D eigenvalue weighted by Crippen LogP contribution is -2.16. The number of hydrogen-bond acceptors (Lipinski definition) is 1. The standard InChI is InChI=1S/C14H18N2/c1-10-11-6-3-4-8-13(11)16(2)14(10)12-7-5-9-15-12/h3-4,6,8,12,15H,5,7,9H2,1-2H3. The highest BCUT2D eigenvalue weighted by molar-refractivity contribution is 5.85. The molecule has 0 amide bonds. The first kappa shape index (κ1) is 9.91. The Morgan fingerprint density at radius 2 is 2.12 bits per heavy atom. The van der Waals surface area contributed by atoms with Gasteiger partial charge in [0.1, 0.15) is 0 Å². The molecule has 0 saturated carbocycles. The monoisotopic (exact) mass is 214 g/mol. The summed E-state index contributed by atoms with van der Waals surface area (Å²) in [7, 11) is 2.19. The van der Waals surface area contributed by atoms with E-state index in [-0.39, 0.29) is 0 Å². The van der Waals surface area contributed by atoms with Gasteiger partial charge in [0.15, 0.2) is 0 Å². The molecule has 3 rings (SSSR count). The Balaban J connectivity index is 2.23. The fraction of sp³-hybridized carbons (Fsp3) is 0.429. The van der Waals surface area contributed by atoms with Gasteiger partial charge in [-0.3, -0.25) is 0 Å². The zero-order valence-electron chi connectivity index (χ0n) is 9.96. The summed E-state index contributed by atoms with van der Waals surface area (Å²) in [6.07, 6.45) is 2.57. The zero-order chi connectivity index (χ0) is 11.1. The molecule has 2 heteroatoms. The minimum atomic E-state index is 0.553. The first-order chi connectivity index (χ1) is 7.79. The summed E-state index contributed by atoms with van der Waals surface area (Å²) in [4.78, 5) is 0. The van der Waals surface area contributed by atoms with E-state index in [1.165, 1.54) is 35.0 Å². The Bertz CT molecular complexity index is 480. The van der Waals surface area contributed by atoms with Crippen molar-refractivity contribution >= 4 is 10.9 Å². The second-order valence-electron chi connectivity index (χ2n) is 4.74. The SMILES string of the molecule is Cc1c(C2CCCN2)n(C)c2ccccc12. The van der Waals surface area contributed by atoms with Crippen LogP contribution in [0.3, 0.4) is 0 Å². The molecule has 2 aromatic rings. The van der Waals surface area contributed by atoms with Crippen molar-refractivity contribution in [3.05, 3.63) is 35.5 Å². The average molecular weight is 214 g/mol. The van der Waals surface area contributed by atoms with Gasteiger partial charge in [-0.15, -0.1) is 0 Å². The van der Waals surface area contributed by atoms with Crippen LogP contribution in [0.1, 0.15) is 30.1 Å². The number of hydrogen-bond donors (Lipinski definition) is 1. The van der Waals surface area contributed by atoms with Gasteiger partial charge in [-0.1, -0.05) is 18.2 Å². The average Bonchev–Trinajstić information content (AvgIpc) is 2.89. The van der Waals surface area contributed by atoms with E-state index in [1.54, 1.807) is 0 Å². The number of aryl methyl sites for hydroxylation is 2. The number of fused-ring (bicyclic) bond motifs is 1. The van der Waals surface area contributed by atoms with Gasteiger partial charge in [0, 0.05) is 29.7 Å². The summed E-state index contributed by atoms with van der Waals surface area (Å²) >= 11 is 0. The Hall–Kier alpha value is -1.28. The molecular weight excluding hydrogens is 196 g/mol. The Labute approximate surface area is 96.3 Å². The lowest BCUT2D eigenvalue weighted by atomic mass is 10.1. The molecule has 84 valence electrons. The van der Waals surface area contributed by atoms with Crippen molar-refractivity contribution < 1.29 is 0 Å². The highest BCUT2D eigenvalue weighted by atomic mass is 15.0. The highest BCUT2D eigenvalue weighted by Crippen LogP contribution is 2.32. The van der Waals surface area contributed by atoms with Crippen LogP contribution >= 0.6 is 0 Å². The lowest BCUT2D eigenvalue weighted by Gasteiger charge is -2.13. The van der Waals surface area contributed by atoms with Crippen LogP contribution in [0.5, 0.6) is 0 Å². The number of para-hydroxylation sites is 1. The Morgan fingerprint density at radius 3 is 2.81 bits per heavy atom. The molecule has 1 aliphatic heterocycles. The van der Waals surface area contributed by atoms with Crippen LogP contribution in [-0.4, -0.2) is 11.1 Å². The summed E-state index contributed by atoms with van der Waals surface area (Å²) in [6.45, 7) is 3.41. The van der Waals surface area contributed by atoms with Crippen molar-refractivity contribution in [3.63, 3.8) is 0 Å². The van der Waals surface area contributed by atoms with Gasteiger partial charge in [-0.05, 0) is 37.9 Å². The quantitative estimate of drug-likeness (QED) is 0.772. The molecule has 1 aromatic carbocycles. The zero-order valence-corrected chi connectivity index (χ0v) is 9.96. The van der Waals surface area contributed by atoms with Crippen molar-refractivity contribution in [1.82, 2.24) is 9.88 Å². The van der Waals surface area contributed by atoms with E-state index in [0.717, 1.165) is 6.54 Å². The number of nitrogens with one attached hydrogen (secondary N) is 1. The summed E-state index contributed by atoms with van der Waals surface area (Å²) in [5, 5.41) is 4.99. The molecular formula is C14H18N2. The smallest absolute Gasteiger partial charge is 0.0483 e. The molecule has 16 heavy (non-hydrogen) atoms. The van der Waals surface area contributed by atoms with Gasteiger partial charge >= 0.3 is 0 Å². The maximum Gasteiger partial charge on any atom is 0.0483 e. The fourth-order valence-corrected chi connectivity index (χ4v) is 3.02. The molecule has 0 bridgehead atoms. The van der Waals surface area contributed by atoms with Crippen LogP contribution in [0.15, 0.2) is 24.3 Å². The maximum atomic E-state index is 3.59. The normalized spacial score (nSPS) is 20.8. The molecule has 1 unspecified atom stereocenters. The minimum Gasteiger partial charge on any atom is -0.346 e. The van der Waals surface area contributed by atoms with Crippen LogP contribution in [0.25, 0.3) is 10.9 Å². The molecule has 1 atom stereocenters. The summed E-state index contributed by atoms with van der Waals surface area (Å²) in [5.74, 6) is 0. The van der Waals surface area contributed by atoms with Crippen molar-refractivity contribution in [1.29, 1.82) is 0 Å². The largest absolute Gasteiger partial charge is 0.346 e. The van der Waals surface area contributed by atoms with Crippen molar-refractivity contribution in [2.75, 3.05) is 6.54 Å². The lowest BCUT2D eigenvalue weighted by molar-refractivity contribution is 0.600. The summed E-state index contributed by atoms with van der Waals surface area (Å²) < 4.78 is 2.35. The predicted octanol–water partition coefficient (Wildman–Crippen LogP) is 2.91. The van der Waals surface area contributed by atoms with Crippen LogP contribution in [0.2, 0.25) is 0 Å². The third-order valence-electron chi connectivity index (χ3n) is 3.81. The number of nitrogens with zero attached hydrogens (tertiary/aromatic N) is 1. The molecule has 0 aliphatic carbocycles. The maximum absolute atomic E-state index is 3.59. The Kier molecular flexibility index (Phi) is 2.25. The van der Waals surface area contributed by atoms with E-state index in [9.17, 15) is 0 Å². The fourth-order valence-electron chi connectivity index (χ4n) is 3.02. The summed E-state index contributed by atoms with van der Waals surface area (Å²) in [6, 6.07) is 9.23. The second kappa shape index (κ2) is 3.63. The molecule has 1 aliphatic rings. The van der Waals surface area contributed by atoms with Crippen LogP contribution in [-0.2, 0) is 7.05 Å². The van der Waals surface area contributed by atoms with Gasteiger partial charge in [-0.2, -0.15) is 0 Å². The molecule has 1 saturated heterocycles. The first-order valence-corrected chi connectivity index (χ1v) is 6.06. The molecule has 0 spiro atoms. The van der Waals surface area contributed by atoms with Crippen LogP contribution in [0.4, 0.5) is 0 Å². The molecule has 1 fully saturated rings. The first-order valence-electron chi connectivity index (χ1n) is 6.06. The molecule has 2 nitrogen and oxygen atoms in total. The van der Waals surface area contributed by atoms with Gasteiger partial charge in [0.25, 0.3) is 0 Å². The third-order valence-corrected chi connectivity index (χ3v) is 3.81. The van der Waals surface area contributed by atoms with E-state index in [2.05, 4.69) is 48.1 Å². The Morgan fingerprint density at radius 1 is 1.31 bits per heavy atom.